The molecule has 1 aliphatic heterocycles. The van der Waals surface area contributed by atoms with Gasteiger partial charge < -0.3 is 14.7 Å². The maximum atomic E-state index is 12.2. The Labute approximate surface area is 128 Å². The van der Waals surface area contributed by atoms with Crippen molar-refractivity contribution in [1.82, 2.24) is 4.90 Å². The number of methoxy groups -OCH3 is 1. The lowest BCUT2D eigenvalue weighted by molar-refractivity contribution is -0.139. The minimum Gasteiger partial charge on any atom is -0.497 e. The van der Waals surface area contributed by atoms with Gasteiger partial charge in [-0.1, -0.05) is 0 Å². The highest BCUT2D eigenvalue weighted by Crippen LogP contribution is 2.25. The molecule has 1 amide bonds. The molecule has 0 aliphatic carbocycles. The molecule has 0 radical (unpaired) electrons. The monoisotopic (exact) mass is 309 g/mol. The van der Waals surface area contributed by atoms with E-state index in [9.17, 15) is 9.59 Å². The SMILES string of the molecule is COc1ccc(SCC(=O)N2CCCC2CC(=O)O)cc1. The summed E-state index contributed by atoms with van der Waals surface area (Å²) in [4.78, 5) is 25.7. The van der Waals surface area contributed by atoms with Crippen molar-refractivity contribution in [2.45, 2.75) is 30.2 Å². The molecule has 1 aromatic rings. The molecule has 1 aliphatic rings. The zero-order valence-corrected chi connectivity index (χ0v) is 12.8. The second kappa shape index (κ2) is 7.36. The Balaban J connectivity index is 1.87. The maximum absolute atomic E-state index is 12.2. The normalized spacial score (nSPS) is 17.8. The average molecular weight is 309 g/mol. The average Bonchev–Trinajstić information content (AvgIpc) is 2.92. The molecule has 114 valence electrons. The van der Waals surface area contributed by atoms with Crippen molar-refractivity contribution in [3.63, 3.8) is 0 Å². The molecule has 1 fully saturated rings. The van der Waals surface area contributed by atoms with Crippen LogP contribution >= 0.6 is 11.8 Å². The van der Waals surface area contributed by atoms with Gasteiger partial charge in [0, 0.05) is 17.5 Å². The van der Waals surface area contributed by atoms with Gasteiger partial charge in [-0.15, -0.1) is 11.8 Å². The quantitative estimate of drug-likeness (QED) is 0.816. The molecule has 1 heterocycles. The van der Waals surface area contributed by atoms with E-state index in [0.717, 1.165) is 23.5 Å². The van der Waals surface area contributed by atoms with Gasteiger partial charge in [0.05, 0.1) is 19.3 Å². The predicted octanol–water partition coefficient (Wildman–Crippen LogP) is 2.25. The van der Waals surface area contributed by atoms with Crippen molar-refractivity contribution in [3.8, 4) is 5.75 Å². The van der Waals surface area contributed by atoms with E-state index in [0.29, 0.717) is 12.3 Å². The topological polar surface area (TPSA) is 66.8 Å². The highest BCUT2D eigenvalue weighted by atomic mass is 32.2. The van der Waals surface area contributed by atoms with Crippen LogP contribution < -0.4 is 4.74 Å². The molecule has 6 heteroatoms. The third-order valence-corrected chi connectivity index (χ3v) is 4.53. The van der Waals surface area contributed by atoms with Crippen LogP contribution in [0.25, 0.3) is 0 Å². The van der Waals surface area contributed by atoms with Crippen LogP contribution in [-0.4, -0.2) is 47.3 Å². The zero-order chi connectivity index (χ0) is 15.2. The van der Waals surface area contributed by atoms with Crippen LogP contribution in [0.2, 0.25) is 0 Å². The number of thioether (sulfide) groups is 1. The fraction of sp³-hybridized carbons (Fsp3) is 0.467. The minimum absolute atomic E-state index is 0.0135. The van der Waals surface area contributed by atoms with Crippen molar-refractivity contribution in [2.75, 3.05) is 19.4 Å². The first-order valence-electron chi connectivity index (χ1n) is 6.88. The van der Waals surface area contributed by atoms with Gasteiger partial charge in [0.1, 0.15) is 5.75 Å². The summed E-state index contributed by atoms with van der Waals surface area (Å²) in [5.41, 5.74) is 0. The van der Waals surface area contributed by atoms with Crippen LogP contribution in [0.5, 0.6) is 5.75 Å². The Morgan fingerprint density at radius 1 is 1.38 bits per heavy atom. The van der Waals surface area contributed by atoms with Crippen LogP contribution in [0, 0.1) is 0 Å². The number of carboxylic acid groups (broad SMARTS) is 1. The Kier molecular flexibility index (Phi) is 5.50. The van der Waals surface area contributed by atoms with Gasteiger partial charge in [-0.2, -0.15) is 0 Å². The maximum Gasteiger partial charge on any atom is 0.305 e. The lowest BCUT2D eigenvalue weighted by Crippen LogP contribution is -2.37. The van der Waals surface area contributed by atoms with Crippen molar-refractivity contribution >= 4 is 23.6 Å². The summed E-state index contributed by atoms with van der Waals surface area (Å²) >= 11 is 1.46. The number of aliphatic carboxylic acids is 1. The molecular formula is C15H19NO4S. The van der Waals surface area contributed by atoms with Crippen LogP contribution in [0.3, 0.4) is 0 Å². The molecular weight excluding hydrogens is 290 g/mol. The van der Waals surface area contributed by atoms with Gasteiger partial charge in [-0.25, -0.2) is 0 Å². The first-order valence-corrected chi connectivity index (χ1v) is 7.87. The number of rotatable bonds is 6. The molecule has 2 rings (SSSR count). The number of likely N-dealkylation sites (tertiary alicyclic amines) is 1. The molecule has 0 spiro atoms. The third kappa shape index (κ3) is 4.39. The molecule has 21 heavy (non-hydrogen) atoms. The van der Waals surface area contributed by atoms with E-state index >= 15 is 0 Å². The molecule has 0 bridgehead atoms. The van der Waals surface area contributed by atoms with Gasteiger partial charge in [0.15, 0.2) is 0 Å². The largest absolute Gasteiger partial charge is 0.497 e. The second-order valence-corrected chi connectivity index (χ2v) is 5.99. The van der Waals surface area contributed by atoms with Crippen LogP contribution in [0.4, 0.5) is 0 Å². The second-order valence-electron chi connectivity index (χ2n) is 4.95. The van der Waals surface area contributed by atoms with Crippen LogP contribution in [0.1, 0.15) is 19.3 Å². The number of amides is 1. The summed E-state index contributed by atoms with van der Waals surface area (Å²) in [6, 6.07) is 7.39. The van der Waals surface area contributed by atoms with Crippen molar-refractivity contribution in [2.24, 2.45) is 0 Å². The summed E-state index contributed by atoms with van der Waals surface area (Å²) in [6.07, 6.45) is 1.71. The minimum atomic E-state index is -0.845. The first kappa shape index (κ1) is 15.7. The van der Waals surface area contributed by atoms with Crippen molar-refractivity contribution in [3.05, 3.63) is 24.3 Å². The van der Waals surface area contributed by atoms with Gasteiger partial charge in [0.2, 0.25) is 5.91 Å². The number of benzene rings is 1. The summed E-state index contributed by atoms with van der Waals surface area (Å²) < 4.78 is 5.09. The predicted molar refractivity (Wildman–Crippen MR) is 80.7 cm³/mol. The number of nitrogens with zero attached hydrogens (tertiary/aromatic N) is 1. The summed E-state index contributed by atoms with van der Waals surface area (Å²) in [5, 5.41) is 8.88. The first-order chi connectivity index (χ1) is 10.1. The molecule has 5 nitrogen and oxygen atoms in total. The van der Waals surface area contributed by atoms with E-state index in [1.165, 1.54) is 11.8 Å². The summed E-state index contributed by atoms with van der Waals surface area (Å²) in [7, 11) is 1.61. The van der Waals surface area contributed by atoms with E-state index in [-0.39, 0.29) is 18.4 Å². The van der Waals surface area contributed by atoms with Crippen molar-refractivity contribution < 1.29 is 19.4 Å². The number of hydrogen-bond acceptors (Lipinski definition) is 4. The highest BCUT2D eigenvalue weighted by Gasteiger charge is 2.29. The Hall–Kier alpha value is -1.69. The molecule has 0 saturated carbocycles. The van der Waals surface area contributed by atoms with E-state index < -0.39 is 5.97 Å². The lowest BCUT2D eigenvalue weighted by atomic mass is 10.1. The smallest absolute Gasteiger partial charge is 0.305 e. The molecule has 0 aromatic heterocycles. The van der Waals surface area contributed by atoms with Crippen LogP contribution in [-0.2, 0) is 9.59 Å². The van der Waals surface area contributed by atoms with Gasteiger partial charge >= 0.3 is 5.97 Å². The van der Waals surface area contributed by atoms with Gasteiger partial charge in [0.25, 0.3) is 0 Å². The summed E-state index contributed by atoms with van der Waals surface area (Å²) in [5.74, 6) is 0.288. The van der Waals surface area contributed by atoms with E-state index in [4.69, 9.17) is 9.84 Å². The molecule has 1 aromatic carbocycles. The van der Waals surface area contributed by atoms with E-state index in [1.54, 1.807) is 12.0 Å². The third-order valence-electron chi connectivity index (χ3n) is 3.53. The Morgan fingerprint density at radius 2 is 2.10 bits per heavy atom. The number of hydrogen-bond donors (Lipinski definition) is 1. The molecule has 1 atom stereocenters. The molecule has 1 unspecified atom stereocenters. The van der Waals surface area contributed by atoms with E-state index in [1.807, 2.05) is 24.3 Å². The van der Waals surface area contributed by atoms with Crippen LogP contribution in [0.15, 0.2) is 29.2 Å². The molecule has 1 saturated heterocycles. The number of carboxylic acids is 1. The number of carbonyl (C=O) groups is 2. The Bertz CT molecular complexity index is 503. The van der Waals surface area contributed by atoms with Gasteiger partial charge in [-0.3, -0.25) is 9.59 Å². The highest BCUT2D eigenvalue weighted by molar-refractivity contribution is 8.00. The fourth-order valence-corrected chi connectivity index (χ4v) is 3.26. The fourth-order valence-electron chi connectivity index (χ4n) is 2.48. The van der Waals surface area contributed by atoms with Crippen molar-refractivity contribution in [1.29, 1.82) is 0 Å². The standard InChI is InChI=1S/C15H19NO4S/c1-20-12-4-6-13(7-5-12)21-10-14(17)16-8-2-3-11(16)9-15(18)19/h4-7,11H,2-3,8-10H2,1H3,(H,18,19). The van der Waals surface area contributed by atoms with Gasteiger partial charge in [-0.05, 0) is 37.1 Å². The molecule has 1 N–H and O–H groups in total. The number of carbonyl (C=O) groups excluding carboxylic acids is 1. The zero-order valence-electron chi connectivity index (χ0n) is 11.9. The summed E-state index contributed by atoms with van der Waals surface area (Å²) in [6.45, 7) is 0.667. The van der Waals surface area contributed by atoms with E-state index in [2.05, 4.69) is 0 Å². The number of ether oxygens (including phenoxy) is 1. The Morgan fingerprint density at radius 3 is 2.71 bits per heavy atom. The lowest BCUT2D eigenvalue weighted by Gasteiger charge is -2.23.